The van der Waals surface area contributed by atoms with Crippen molar-refractivity contribution in [3.63, 3.8) is 0 Å². The van der Waals surface area contributed by atoms with E-state index in [0.717, 1.165) is 27.3 Å². The zero-order chi connectivity index (χ0) is 26.4. The first-order chi connectivity index (χ1) is 17.1. The molecule has 0 radical (unpaired) electrons. The van der Waals surface area contributed by atoms with Crippen LogP contribution in [0.4, 0.5) is 0 Å². The summed E-state index contributed by atoms with van der Waals surface area (Å²) in [5, 5.41) is 5.71. The Labute approximate surface area is 216 Å². The van der Waals surface area contributed by atoms with Gasteiger partial charge in [-0.3, -0.25) is 14.4 Å². The van der Waals surface area contributed by atoms with Crippen molar-refractivity contribution in [2.24, 2.45) is 5.92 Å². The third kappa shape index (κ3) is 6.69. The van der Waals surface area contributed by atoms with Gasteiger partial charge in [0.1, 0.15) is 11.0 Å². The molecule has 2 heterocycles. The quantitative estimate of drug-likeness (QED) is 0.375. The van der Waals surface area contributed by atoms with Crippen LogP contribution < -0.4 is 10.9 Å². The van der Waals surface area contributed by atoms with Crippen LogP contribution in [0.1, 0.15) is 68.1 Å². The van der Waals surface area contributed by atoms with Gasteiger partial charge in [-0.25, -0.2) is 4.98 Å². The van der Waals surface area contributed by atoms with E-state index >= 15 is 0 Å². The van der Waals surface area contributed by atoms with Crippen LogP contribution in [0, 0.1) is 26.7 Å². The topological polar surface area (TPSA) is 90.3 Å². The lowest BCUT2D eigenvalue weighted by Crippen LogP contribution is -2.40. The van der Waals surface area contributed by atoms with Crippen molar-refractivity contribution in [1.82, 2.24) is 14.9 Å². The molecule has 1 N–H and O–H groups in total. The minimum atomic E-state index is -0.709. The van der Waals surface area contributed by atoms with Gasteiger partial charge in [0.2, 0.25) is 5.91 Å². The first kappa shape index (κ1) is 27.3. The van der Waals surface area contributed by atoms with Gasteiger partial charge in [-0.2, -0.15) is 0 Å². The van der Waals surface area contributed by atoms with Gasteiger partial charge in [-0.05, 0) is 62.8 Å². The molecule has 2 atom stereocenters. The second-order valence-corrected chi connectivity index (χ2v) is 10.4. The fourth-order valence-electron chi connectivity index (χ4n) is 4.24. The third-order valence-electron chi connectivity index (χ3n) is 6.00. The lowest BCUT2D eigenvalue weighted by atomic mass is 10.0. The highest BCUT2D eigenvalue weighted by Crippen LogP contribution is 2.32. The monoisotopic (exact) mass is 509 g/mol. The number of aromatic nitrogens is 2. The molecule has 0 bridgehead atoms. The van der Waals surface area contributed by atoms with Crippen LogP contribution in [-0.2, 0) is 14.3 Å². The predicted molar refractivity (Wildman–Crippen MR) is 143 cm³/mol. The molecule has 3 aromatic rings. The molecule has 36 heavy (non-hydrogen) atoms. The summed E-state index contributed by atoms with van der Waals surface area (Å²) in [4.78, 5) is 43.6. The SMILES string of the molecule is CCOC(=O)C[C@H](NC(=O)[C@H](CC(C)C)n1ccc(C)cc1=O)c1csc(-c2c(C)cccc2C)n1. The van der Waals surface area contributed by atoms with E-state index in [1.54, 1.807) is 13.1 Å². The predicted octanol–water partition coefficient (Wildman–Crippen LogP) is 5.29. The van der Waals surface area contributed by atoms with E-state index in [4.69, 9.17) is 9.72 Å². The third-order valence-corrected chi connectivity index (χ3v) is 6.88. The number of pyridine rings is 1. The van der Waals surface area contributed by atoms with Gasteiger partial charge in [0, 0.05) is 23.2 Å². The van der Waals surface area contributed by atoms with Crippen molar-refractivity contribution in [2.45, 2.75) is 66.5 Å². The minimum absolute atomic E-state index is 0.0489. The van der Waals surface area contributed by atoms with Crippen molar-refractivity contribution in [3.05, 3.63) is 74.6 Å². The van der Waals surface area contributed by atoms with Crippen LogP contribution >= 0.6 is 11.3 Å². The fourth-order valence-corrected chi connectivity index (χ4v) is 5.28. The zero-order valence-electron chi connectivity index (χ0n) is 21.8. The molecule has 0 aliphatic heterocycles. The molecule has 0 unspecified atom stereocenters. The average Bonchev–Trinajstić information content (AvgIpc) is 3.27. The number of amides is 1. The molecule has 0 saturated heterocycles. The molecule has 1 aromatic carbocycles. The summed E-state index contributed by atoms with van der Waals surface area (Å²) in [6.45, 7) is 11.9. The summed E-state index contributed by atoms with van der Waals surface area (Å²) < 4.78 is 6.64. The van der Waals surface area contributed by atoms with Gasteiger partial charge in [0.15, 0.2) is 0 Å². The molecule has 192 valence electrons. The summed E-state index contributed by atoms with van der Waals surface area (Å²) in [5.74, 6) is -0.574. The molecule has 2 aromatic heterocycles. The number of esters is 1. The molecule has 0 aliphatic carbocycles. The number of thiazole rings is 1. The van der Waals surface area contributed by atoms with Crippen molar-refractivity contribution in [1.29, 1.82) is 0 Å². The van der Waals surface area contributed by atoms with E-state index in [0.29, 0.717) is 12.1 Å². The number of benzene rings is 1. The second-order valence-electron chi connectivity index (χ2n) is 9.51. The van der Waals surface area contributed by atoms with E-state index in [-0.39, 0.29) is 30.4 Å². The van der Waals surface area contributed by atoms with E-state index in [1.165, 1.54) is 22.0 Å². The molecule has 0 fully saturated rings. The number of ether oxygens (including phenoxy) is 1. The van der Waals surface area contributed by atoms with Crippen LogP contribution in [0.3, 0.4) is 0 Å². The molecule has 1 amide bonds. The lowest BCUT2D eigenvalue weighted by Gasteiger charge is -2.24. The molecule has 0 saturated carbocycles. The molecular weight excluding hydrogens is 474 g/mol. The molecule has 0 aliphatic rings. The normalized spacial score (nSPS) is 12.9. The summed E-state index contributed by atoms with van der Waals surface area (Å²) in [6.07, 6.45) is 2.09. The summed E-state index contributed by atoms with van der Waals surface area (Å²) >= 11 is 1.48. The lowest BCUT2D eigenvalue weighted by molar-refractivity contribution is -0.144. The van der Waals surface area contributed by atoms with Crippen LogP contribution in [-0.4, -0.2) is 28.0 Å². The zero-order valence-corrected chi connectivity index (χ0v) is 22.6. The van der Waals surface area contributed by atoms with Gasteiger partial charge in [0.25, 0.3) is 5.56 Å². The first-order valence-corrected chi connectivity index (χ1v) is 13.2. The Morgan fingerprint density at radius 3 is 2.44 bits per heavy atom. The van der Waals surface area contributed by atoms with Crippen molar-refractivity contribution < 1.29 is 14.3 Å². The largest absolute Gasteiger partial charge is 0.466 e. The van der Waals surface area contributed by atoms with Crippen molar-refractivity contribution in [2.75, 3.05) is 6.61 Å². The Bertz CT molecular complexity index is 1260. The van der Waals surface area contributed by atoms with Gasteiger partial charge >= 0.3 is 5.97 Å². The number of nitrogens with zero attached hydrogens (tertiary/aromatic N) is 2. The first-order valence-electron chi connectivity index (χ1n) is 12.3. The highest BCUT2D eigenvalue weighted by Gasteiger charge is 2.28. The van der Waals surface area contributed by atoms with Gasteiger partial charge in [-0.1, -0.05) is 32.0 Å². The Kier molecular flexibility index (Phi) is 9.20. The van der Waals surface area contributed by atoms with Gasteiger partial charge in [-0.15, -0.1) is 11.3 Å². The Morgan fingerprint density at radius 1 is 1.14 bits per heavy atom. The maximum Gasteiger partial charge on any atom is 0.308 e. The van der Waals surface area contributed by atoms with E-state index in [1.807, 2.05) is 64.3 Å². The number of carbonyl (C=O) groups excluding carboxylic acids is 2. The van der Waals surface area contributed by atoms with Crippen LogP contribution in [0.5, 0.6) is 0 Å². The van der Waals surface area contributed by atoms with Crippen molar-refractivity contribution >= 4 is 23.2 Å². The molecule has 7 nitrogen and oxygen atoms in total. The minimum Gasteiger partial charge on any atom is -0.466 e. The van der Waals surface area contributed by atoms with E-state index < -0.39 is 18.1 Å². The van der Waals surface area contributed by atoms with E-state index in [9.17, 15) is 14.4 Å². The van der Waals surface area contributed by atoms with Crippen LogP contribution in [0.25, 0.3) is 10.6 Å². The molecule has 8 heteroatoms. The highest BCUT2D eigenvalue weighted by molar-refractivity contribution is 7.13. The molecule has 3 rings (SSSR count). The maximum atomic E-state index is 13.6. The Hall–Kier alpha value is -3.26. The van der Waals surface area contributed by atoms with Crippen molar-refractivity contribution in [3.8, 4) is 10.6 Å². The number of rotatable bonds is 10. The van der Waals surface area contributed by atoms with E-state index in [2.05, 4.69) is 5.32 Å². The summed E-state index contributed by atoms with van der Waals surface area (Å²) in [7, 11) is 0. The number of carbonyl (C=O) groups is 2. The molecule has 0 spiro atoms. The number of hydrogen-bond donors (Lipinski definition) is 1. The van der Waals surface area contributed by atoms with Crippen LogP contribution in [0.15, 0.2) is 46.7 Å². The fraction of sp³-hybridized carbons (Fsp3) is 0.429. The van der Waals surface area contributed by atoms with Crippen LogP contribution in [0.2, 0.25) is 0 Å². The second kappa shape index (κ2) is 12.1. The summed E-state index contributed by atoms with van der Waals surface area (Å²) in [6, 6.07) is 8.03. The highest BCUT2D eigenvalue weighted by atomic mass is 32.1. The van der Waals surface area contributed by atoms with Gasteiger partial charge in [0.05, 0.1) is 24.8 Å². The standard InChI is InChI=1S/C28H35N3O4S/c1-7-35-25(33)15-21(22-16-36-28(30-22)26-19(5)9-8-10-20(26)6)29-27(34)23(13-17(2)3)31-12-11-18(4)14-24(31)32/h8-12,14,16-17,21,23H,7,13,15H2,1-6H3,(H,29,34)/t21-,23-/m0/s1. The smallest absolute Gasteiger partial charge is 0.308 e. The molecular formula is C28H35N3O4S. The average molecular weight is 510 g/mol. The maximum absolute atomic E-state index is 13.6. The van der Waals surface area contributed by atoms with Gasteiger partial charge < -0.3 is 14.6 Å². The Morgan fingerprint density at radius 2 is 1.83 bits per heavy atom. The number of hydrogen-bond acceptors (Lipinski definition) is 6. The number of nitrogens with one attached hydrogen (secondary N) is 1. The Balaban J connectivity index is 1.96. The summed E-state index contributed by atoms with van der Waals surface area (Å²) in [5.41, 5.74) is 4.47. The number of aryl methyl sites for hydroxylation is 3.